The molecule has 0 bridgehead atoms. The second kappa shape index (κ2) is 6.07. The van der Waals surface area contributed by atoms with Crippen LogP contribution in [0.1, 0.15) is 41.8 Å². The molecule has 0 aliphatic rings. The van der Waals surface area contributed by atoms with Gasteiger partial charge in [-0.05, 0) is 37.9 Å². The summed E-state index contributed by atoms with van der Waals surface area (Å²) in [5.41, 5.74) is 4.89. The van der Waals surface area contributed by atoms with E-state index in [1.807, 2.05) is 6.20 Å². The van der Waals surface area contributed by atoms with E-state index in [2.05, 4.69) is 53.0 Å². The zero-order valence-electron chi connectivity index (χ0n) is 11.1. The van der Waals surface area contributed by atoms with Gasteiger partial charge in [-0.1, -0.05) is 30.7 Å². The maximum absolute atomic E-state index is 4.38. The Balaban J connectivity index is 2.36. The third kappa shape index (κ3) is 2.94. The molecule has 0 radical (unpaired) electrons. The highest BCUT2D eigenvalue weighted by Gasteiger charge is 2.17. The molecule has 0 saturated carbocycles. The lowest BCUT2D eigenvalue weighted by Gasteiger charge is -2.19. The Bertz CT molecular complexity index is 494. The average Bonchev–Trinajstić information content (AvgIpc) is 2.88. The highest BCUT2D eigenvalue weighted by Crippen LogP contribution is 2.24. The van der Waals surface area contributed by atoms with Gasteiger partial charge >= 0.3 is 0 Å². The fraction of sp³-hybridized carbons (Fsp3) is 0.429. The van der Waals surface area contributed by atoms with Crippen molar-refractivity contribution < 1.29 is 0 Å². The summed E-state index contributed by atoms with van der Waals surface area (Å²) >= 11 is 1.27. The molecule has 0 saturated heterocycles. The first-order valence-electron chi connectivity index (χ1n) is 6.30. The quantitative estimate of drug-likeness (QED) is 0.898. The van der Waals surface area contributed by atoms with E-state index in [9.17, 15) is 0 Å². The van der Waals surface area contributed by atoms with Crippen LogP contribution in [-0.4, -0.2) is 15.3 Å². The SMILES string of the molecule is CCCNC(c1cnsn1)c1cc(C)ccc1C. The normalized spacial score (nSPS) is 12.6. The Morgan fingerprint density at radius 2 is 2.17 bits per heavy atom. The lowest BCUT2D eigenvalue weighted by Crippen LogP contribution is -2.24. The van der Waals surface area contributed by atoms with Gasteiger partial charge in [0.1, 0.15) is 0 Å². The van der Waals surface area contributed by atoms with Crippen molar-refractivity contribution >= 4 is 11.7 Å². The third-order valence-electron chi connectivity index (χ3n) is 3.02. The summed E-state index contributed by atoms with van der Waals surface area (Å²) in [6, 6.07) is 6.71. The Kier molecular flexibility index (Phi) is 4.44. The fourth-order valence-electron chi connectivity index (χ4n) is 2.03. The lowest BCUT2D eigenvalue weighted by molar-refractivity contribution is 0.587. The lowest BCUT2D eigenvalue weighted by atomic mass is 9.97. The van der Waals surface area contributed by atoms with Gasteiger partial charge in [0.2, 0.25) is 0 Å². The van der Waals surface area contributed by atoms with Crippen LogP contribution in [-0.2, 0) is 0 Å². The van der Waals surface area contributed by atoms with Gasteiger partial charge in [0.05, 0.1) is 29.7 Å². The molecule has 1 aromatic carbocycles. The van der Waals surface area contributed by atoms with Crippen LogP contribution in [0.25, 0.3) is 0 Å². The zero-order chi connectivity index (χ0) is 13.0. The highest BCUT2D eigenvalue weighted by atomic mass is 32.1. The molecule has 4 heteroatoms. The van der Waals surface area contributed by atoms with Crippen LogP contribution in [0, 0.1) is 13.8 Å². The van der Waals surface area contributed by atoms with E-state index in [0.717, 1.165) is 18.7 Å². The summed E-state index contributed by atoms with van der Waals surface area (Å²) in [5.74, 6) is 0. The first-order chi connectivity index (χ1) is 8.72. The molecule has 0 fully saturated rings. The first kappa shape index (κ1) is 13.2. The van der Waals surface area contributed by atoms with Crippen LogP contribution in [0.5, 0.6) is 0 Å². The number of aromatic nitrogens is 2. The van der Waals surface area contributed by atoms with Gasteiger partial charge in [0, 0.05) is 0 Å². The van der Waals surface area contributed by atoms with Gasteiger partial charge in [-0.2, -0.15) is 8.75 Å². The number of nitrogens with one attached hydrogen (secondary N) is 1. The summed E-state index contributed by atoms with van der Waals surface area (Å²) in [4.78, 5) is 0. The predicted octanol–water partition coefficient (Wildman–Crippen LogP) is 3.24. The summed E-state index contributed by atoms with van der Waals surface area (Å²) in [6.07, 6.45) is 2.97. The first-order valence-corrected chi connectivity index (χ1v) is 7.03. The van der Waals surface area contributed by atoms with Crippen LogP contribution in [0.2, 0.25) is 0 Å². The number of aryl methyl sites for hydroxylation is 2. The minimum absolute atomic E-state index is 0.156. The molecule has 1 aromatic heterocycles. The fourth-order valence-corrected chi connectivity index (χ4v) is 2.48. The number of hydrogen-bond acceptors (Lipinski definition) is 4. The maximum Gasteiger partial charge on any atom is 0.0957 e. The second-order valence-corrected chi connectivity index (χ2v) is 5.14. The van der Waals surface area contributed by atoms with Crippen molar-refractivity contribution in [1.82, 2.24) is 14.1 Å². The molecule has 0 spiro atoms. The predicted molar refractivity (Wildman–Crippen MR) is 76.0 cm³/mol. The molecular formula is C14H19N3S. The summed E-state index contributed by atoms with van der Waals surface area (Å²) < 4.78 is 8.50. The number of hydrogen-bond donors (Lipinski definition) is 1. The van der Waals surface area contributed by atoms with Crippen LogP contribution < -0.4 is 5.32 Å². The Morgan fingerprint density at radius 3 is 2.83 bits per heavy atom. The summed E-state index contributed by atoms with van der Waals surface area (Å²) in [7, 11) is 0. The molecule has 0 aliphatic carbocycles. The van der Waals surface area contributed by atoms with E-state index >= 15 is 0 Å². The largest absolute Gasteiger partial charge is 0.305 e. The van der Waals surface area contributed by atoms with Crippen molar-refractivity contribution in [1.29, 1.82) is 0 Å². The number of benzene rings is 1. The molecule has 2 aromatic rings. The van der Waals surface area contributed by atoms with Crippen LogP contribution >= 0.6 is 11.7 Å². The molecule has 0 aliphatic heterocycles. The zero-order valence-corrected chi connectivity index (χ0v) is 11.9. The van der Waals surface area contributed by atoms with Crippen molar-refractivity contribution in [3.63, 3.8) is 0 Å². The van der Waals surface area contributed by atoms with E-state index in [1.165, 1.54) is 28.4 Å². The Hall–Kier alpha value is -1.26. The third-order valence-corrected chi connectivity index (χ3v) is 3.51. The standard InChI is InChI=1S/C14H19N3S/c1-4-7-15-14(13-9-16-18-17-13)12-8-10(2)5-6-11(12)3/h5-6,8-9,14-15H,4,7H2,1-3H3. The molecule has 96 valence electrons. The van der Waals surface area contributed by atoms with E-state index in [-0.39, 0.29) is 6.04 Å². The van der Waals surface area contributed by atoms with E-state index < -0.39 is 0 Å². The van der Waals surface area contributed by atoms with Crippen molar-refractivity contribution in [2.24, 2.45) is 0 Å². The van der Waals surface area contributed by atoms with Crippen LogP contribution in [0.15, 0.2) is 24.4 Å². The molecule has 1 unspecified atom stereocenters. The monoisotopic (exact) mass is 261 g/mol. The Labute approximate surface area is 113 Å². The smallest absolute Gasteiger partial charge is 0.0957 e. The minimum Gasteiger partial charge on any atom is -0.305 e. The van der Waals surface area contributed by atoms with Gasteiger partial charge in [-0.3, -0.25) is 0 Å². The summed E-state index contributed by atoms with van der Waals surface area (Å²) in [6.45, 7) is 7.43. The highest BCUT2D eigenvalue weighted by molar-refractivity contribution is 6.99. The van der Waals surface area contributed by atoms with Crippen LogP contribution in [0.4, 0.5) is 0 Å². The van der Waals surface area contributed by atoms with Crippen molar-refractivity contribution in [2.45, 2.75) is 33.2 Å². The van der Waals surface area contributed by atoms with E-state index in [1.54, 1.807) is 0 Å². The summed E-state index contributed by atoms with van der Waals surface area (Å²) in [5, 5.41) is 3.56. The van der Waals surface area contributed by atoms with E-state index in [0.29, 0.717) is 0 Å². The molecule has 18 heavy (non-hydrogen) atoms. The molecule has 2 rings (SSSR count). The maximum atomic E-state index is 4.38. The second-order valence-electron chi connectivity index (χ2n) is 4.58. The number of rotatable bonds is 5. The van der Waals surface area contributed by atoms with Crippen molar-refractivity contribution in [2.75, 3.05) is 6.54 Å². The average molecular weight is 261 g/mol. The van der Waals surface area contributed by atoms with Gasteiger partial charge in [-0.15, -0.1) is 0 Å². The molecular weight excluding hydrogens is 242 g/mol. The molecule has 0 amide bonds. The molecule has 1 atom stereocenters. The van der Waals surface area contributed by atoms with Gasteiger partial charge < -0.3 is 5.32 Å². The van der Waals surface area contributed by atoms with E-state index in [4.69, 9.17) is 0 Å². The molecule has 3 nitrogen and oxygen atoms in total. The van der Waals surface area contributed by atoms with Gasteiger partial charge in [-0.25, -0.2) is 0 Å². The number of nitrogens with zero attached hydrogens (tertiary/aromatic N) is 2. The minimum atomic E-state index is 0.156. The molecule has 1 heterocycles. The van der Waals surface area contributed by atoms with Gasteiger partial charge in [0.15, 0.2) is 0 Å². The molecule has 1 N–H and O–H groups in total. The van der Waals surface area contributed by atoms with Crippen molar-refractivity contribution in [3.05, 3.63) is 46.8 Å². The van der Waals surface area contributed by atoms with Crippen molar-refractivity contribution in [3.8, 4) is 0 Å². The topological polar surface area (TPSA) is 37.8 Å². The van der Waals surface area contributed by atoms with Gasteiger partial charge in [0.25, 0.3) is 0 Å². The van der Waals surface area contributed by atoms with Crippen LogP contribution in [0.3, 0.4) is 0 Å². The Morgan fingerprint density at radius 1 is 1.33 bits per heavy atom.